The van der Waals surface area contributed by atoms with Gasteiger partial charge in [-0.3, -0.25) is 4.99 Å². The number of thioether (sulfide) groups is 1. The molecule has 3 rings (SSSR count). The zero-order chi connectivity index (χ0) is 17.5. The standard InChI is InChI=1S/C18H23FN4S2/c1-20-16(21-8-3-10-24-17-22-9-11-25-17)23-13-18(6-7-18)14-4-2-5-15(19)12-14/h2,4-5,9,11-12H,3,6-8,10,13H2,1H3,(H2,20,21,23). The van der Waals surface area contributed by atoms with Crippen molar-refractivity contribution in [3.63, 3.8) is 0 Å². The summed E-state index contributed by atoms with van der Waals surface area (Å²) in [5.74, 6) is 1.68. The van der Waals surface area contributed by atoms with Crippen molar-refractivity contribution in [3.05, 3.63) is 47.2 Å². The molecule has 1 aromatic carbocycles. The molecule has 0 atom stereocenters. The van der Waals surface area contributed by atoms with E-state index in [0.29, 0.717) is 0 Å². The minimum absolute atomic E-state index is 0.0560. The van der Waals surface area contributed by atoms with E-state index in [0.717, 1.165) is 54.0 Å². The molecule has 134 valence electrons. The van der Waals surface area contributed by atoms with Gasteiger partial charge in [0.1, 0.15) is 10.2 Å². The molecule has 0 unspecified atom stereocenters. The van der Waals surface area contributed by atoms with Crippen LogP contribution in [0.4, 0.5) is 4.39 Å². The molecule has 2 aromatic rings. The first-order valence-electron chi connectivity index (χ1n) is 8.45. The molecule has 1 saturated carbocycles. The van der Waals surface area contributed by atoms with Crippen molar-refractivity contribution in [3.8, 4) is 0 Å². The Morgan fingerprint density at radius 2 is 2.28 bits per heavy atom. The summed E-state index contributed by atoms with van der Waals surface area (Å²) in [6.07, 6.45) is 5.05. The van der Waals surface area contributed by atoms with Gasteiger partial charge in [0, 0.05) is 42.9 Å². The molecule has 0 aliphatic heterocycles. The van der Waals surface area contributed by atoms with Crippen molar-refractivity contribution in [2.75, 3.05) is 25.9 Å². The predicted molar refractivity (Wildman–Crippen MR) is 104 cm³/mol. The maximum absolute atomic E-state index is 13.5. The molecule has 1 aliphatic rings. The van der Waals surface area contributed by atoms with Crippen molar-refractivity contribution in [1.82, 2.24) is 15.6 Å². The van der Waals surface area contributed by atoms with Gasteiger partial charge in [0.25, 0.3) is 0 Å². The highest BCUT2D eigenvalue weighted by molar-refractivity contribution is 8.00. The fourth-order valence-corrected chi connectivity index (χ4v) is 4.38. The van der Waals surface area contributed by atoms with Crippen molar-refractivity contribution < 1.29 is 4.39 Å². The SMILES string of the molecule is CN=C(NCCCSc1nccs1)NCC1(c2cccc(F)c2)CC1. The zero-order valence-electron chi connectivity index (χ0n) is 14.3. The number of halogens is 1. The minimum atomic E-state index is -0.163. The lowest BCUT2D eigenvalue weighted by Crippen LogP contribution is -2.41. The summed E-state index contributed by atoms with van der Waals surface area (Å²) < 4.78 is 14.6. The number of benzene rings is 1. The molecule has 4 nitrogen and oxygen atoms in total. The van der Waals surface area contributed by atoms with Crippen LogP contribution in [-0.4, -0.2) is 36.8 Å². The Bertz CT molecular complexity index is 699. The van der Waals surface area contributed by atoms with Crippen LogP contribution < -0.4 is 10.6 Å². The molecule has 2 N–H and O–H groups in total. The normalized spacial score (nSPS) is 15.8. The molecule has 0 saturated heterocycles. The number of hydrogen-bond acceptors (Lipinski definition) is 4. The van der Waals surface area contributed by atoms with Crippen molar-refractivity contribution in [1.29, 1.82) is 0 Å². The van der Waals surface area contributed by atoms with Gasteiger partial charge in [-0.15, -0.1) is 11.3 Å². The molecule has 1 aliphatic carbocycles. The number of thiazole rings is 1. The Morgan fingerprint density at radius 1 is 1.40 bits per heavy atom. The van der Waals surface area contributed by atoms with Gasteiger partial charge in [-0.1, -0.05) is 23.9 Å². The minimum Gasteiger partial charge on any atom is -0.356 e. The van der Waals surface area contributed by atoms with Gasteiger partial charge in [0.2, 0.25) is 0 Å². The number of rotatable bonds is 8. The largest absolute Gasteiger partial charge is 0.356 e. The van der Waals surface area contributed by atoms with Crippen LogP contribution in [0.2, 0.25) is 0 Å². The van der Waals surface area contributed by atoms with Crippen molar-refractivity contribution in [2.24, 2.45) is 4.99 Å². The Hall–Kier alpha value is -1.60. The van der Waals surface area contributed by atoms with Crippen LogP contribution in [0.1, 0.15) is 24.8 Å². The van der Waals surface area contributed by atoms with Crippen LogP contribution in [-0.2, 0) is 5.41 Å². The zero-order valence-corrected chi connectivity index (χ0v) is 15.9. The summed E-state index contributed by atoms with van der Waals surface area (Å²) in [5, 5.41) is 8.74. The van der Waals surface area contributed by atoms with E-state index < -0.39 is 0 Å². The second-order valence-corrected chi connectivity index (χ2v) is 8.38. The highest BCUT2D eigenvalue weighted by Crippen LogP contribution is 2.47. The number of guanidine groups is 1. The molecule has 1 heterocycles. The number of hydrogen-bond donors (Lipinski definition) is 2. The van der Waals surface area contributed by atoms with Gasteiger partial charge in [-0.25, -0.2) is 9.37 Å². The van der Waals surface area contributed by atoms with E-state index in [1.807, 2.05) is 17.6 Å². The predicted octanol–water partition coefficient (Wildman–Crippen LogP) is 3.66. The van der Waals surface area contributed by atoms with E-state index in [1.54, 1.807) is 42.3 Å². The third kappa shape index (κ3) is 5.19. The van der Waals surface area contributed by atoms with Gasteiger partial charge in [0.15, 0.2) is 5.96 Å². The molecule has 1 fully saturated rings. The second-order valence-electron chi connectivity index (χ2n) is 6.14. The van der Waals surface area contributed by atoms with Crippen LogP contribution in [0.3, 0.4) is 0 Å². The average Bonchev–Trinajstić information content (AvgIpc) is 3.24. The third-order valence-electron chi connectivity index (χ3n) is 4.36. The number of nitrogens with zero attached hydrogens (tertiary/aromatic N) is 2. The molecule has 1 aromatic heterocycles. The van der Waals surface area contributed by atoms with E-state index in [2.05, 4.69) is 20.6 Å². The van der Waals surface area contributed by atoms with Gasteiger partial charge in [0.05, 0.1) is 0 Å². The lowest BCUT2D eigenvalue weighted by atomic mass is 9.96. The molecule has 0 radical (unpaired) electrons. The fourth-order valence-electron chi connectivity index (χ4n) is 2.73. The molecule has 0 spiro atoms. The Labute approximate surface area is 156 Å². The molecule has 0 bridgehead atoms. The van der Waals surface area contributed by atoms with Crippen LogP contribution >= 0.6 is 23.1 Å². The Kier molecular flexibility index (Phi) is 6.31. The number of aliphatic imine (C=N–C) groups is 1. The topological polar surface area (TPSA) is 49.3 Å². The first kappa shape index (κ1) is 18.2. The fraction of sp³-hybridized carbons (Fsp3) is 0.444. The van der Waals surface area contributed by atoms with E-state index in [9.17, 15) is 4.39 Å². The lowest BCUT2D eigenvalue weighted by Gasteiger charge is -2.19. The Morgan fingerprint density at radius 3 is 2.96 bits per heavy atom. The first-order chi connectivity index (χ1) is 12.2. The maximum atomic E-state index is 13.5. The van der Waals surface area contributed by atoms with Crippen LogP contribution in [0, 0.1) is 5.82 Å². The van der Waals surface area contributed by atoms with Gasteiger partial charge in [-0.2, -0.15) is 0 Å². The number of aromatic nitrogens is 1. The van der Waals surface area contributed by atoms with E-state index >= 15 is 0 Å². The lowest BCUT2D eigenvalue weighted by molar-refractivity contribution is 0.607. The molecular weight excluding hydrogens is 355 g/mol. The van der Waals surface area contributed by atoms with Crippen molar-refractivity contribution >= 4 is 29.1 Å². The van der Waals surface area contributed by atoms with E-state index in [1.165, 1.54) is 6.07 Å². The number of nitrogens with one attached hydrogen (secondary N) is 2. The van der Waals surface area contributed by atoms with Gasteiger partial charge >= 0.3 is 0 Å². The summed E-state index contributed by atoms with van der Waals surface area (Å²) in [5.41, 5.74) is 1.13. The molecule has 7 heteroatoms. The summed E-state index contributed by atoms with van der Waals surface area (Å²) >= 11 is 3.46. The van der Waals surface area contributed by atoms with Crippen LogP contribution in [0.5, 0.6) is 0 Å². The van der Waals surface area contributed by atoms with Crippen LogP contribution in [0.15, 0.2) is 45.2 Å². The summed E-state index contributed by atoms with van der Waals surface area (Å²) in [6.45, 7) is 1.65. The third-order valence-corrected chi connectivity index (χ3v) is 6.41. The van der Waals surface area contributed by atoms with Crippen molar-refractivity contribution in [2.45, 2.75) is 29.0 Å². The Balaban J connectivity index is 1.39. The molecular formula is C18H23FN4S2. The second kappa shape index (κ2) is 8.67. The quantitative estimate of drug-likeness (QED) is 0.319. The molecule has 25 heavy (non-hydrogen) atoms. The highest BCUT2D eigenvalue weighted by atomic mass is 32.2. The van der Waals surface area contributed by atoms with E-state index in [4.69, 9.17) is 0 Å². The molecule has 0 amide bonds. The maximum Gasteiger partial charge on any atom is 0.191 e. The van der Waals surface area contributed by atoms with Gasteiger partial charge < -0.3 is 10.6 Å². The van der Waals surface area contributed by atoms with Crippen LogP contribution in [0.25, 0.3) is 0 Å². The average molecular weight is 379 g/mol. The first-order valence-corrected chi connectivity index (χ1v) is 10.3. The monoisotopic (exact) mass is 378 g/mol. The smallest absolute Gasteiger partial charge is 0.191 e. The van der Waals surface area contributed by atoms with Gasteiger partial charge in [-0.05, 0) is 37.0 Å². The summed E-state index contributed by atoms with van der Waals surface area (Å²) in [7, 11) is 1.78. The summed E-state index contributed by atoms with van der Waals surface area (Å²) in [6, 6.07) is 6.96. The van der Waals surface area contributed by atoms with E-state index in [-0.39, 0.29) is 11.2 Å². The highest BCUT2D eigenvalue weighted by Gasteiger charge is 2.44. The summed E-state index contributed by atoms with van der Waals surface area (Å²) in [4.78, 5) is 8.54.